The molecule has 2 rings (SSSR count). The predicted molar refractivity (Wildman–Crippen MR) is 53.7 cm³/mol. The highest BCUT2D eigenvalue weighted by Gasteiger charge is 2.22. The number of rotatable bonds is 1. The van der Waals surface area contributed by atoms with E-state index in [1.165, 1.54) is 24.0 Å². The highest BCUT2D eigenvalue weighted by atomic mass is 16.5. The van der Waals surface area contributed by atoms with Crippen LogP contribution in [0, 0.1) is 6.92 Å². The van der Waals surface area contributed by atoms with Crippen LogP contribution in [0.5, 0.6) is 0 Å². The quantitative estimate of drug-likeness (QED) is 0.638. The van der Waals surface area contributed by atoms with Gasteiger partial charge in [-0.1, -0.05) is 29.8 Å². The monoisotopic (exact) mass is 176 g/mol. The molecular formula is C12H16O. The second-order valence-electron chi connectivity index (χ2n) is 3.93. The van der Waals surface area contributed by atoms with Gasteiger partial charge in [0, 0.05) is 0 Å². The SMILES string of the molecule is Cc1cccc([C@@H]2CC[C@@H](C)O2)c1. The van der Waals surface area contributed by atoms with E-state index in [-0.39, 0.29) is 0 Å². The first-order chi connectivity index (χ1) is 6.25. The molecular weight excluding hydrogens is 160 g/mol. The van der Waals surface area contributed by atoms with E-state index in [0.717, 1.165) is 0 Å². The van der Waals surface area contributed by atoms with E-state index in [2.05, 4.69) is 38.1 Å². The van der Waals surface area contributed by atoms with Gasteiger partial charge in [-0.05, 0) is 32.3 Å². The smallest absolute Gasteiger partial charge is 0.0829 e. The summed E-state index contributed by atoms with van der Waals surface area (Å²) in [7, 11) is 0. The molecule has 0 saturated carbocycles. The molecule has 0 radical (unpaired) electrons. The van der Waals surface area contributed by atoms with E-state index in [4.69, 9.17) is 4.74 Å². The highest BCUT2D eigenvalue weighted by molar-refractivity contribution is 5.24. The van der Waals surface area contributed by atoms with E-state index in [1.54, 1.807) is 0 Å². The third-order valence-electron chi connectivity index (χ3n) is 2.65. The first kappa shape index (κ1) is 8.76. The standard InChI is InChI=1S/C12H16O/c1-9-4-3-5-11(8-9)12-7-6-10(2)13-12/h3-5,8,10,12H,6-7H2,1-2H3/t10-,12+/m1/s1. The van der Waals surface area contributed by atoms with Crippen molar-refractivity contribution >= 4 is 0 Å². The molecule has 0 bridgehead atoms. The van der Waals surface area contributed by atoms with Crippen molar-refractivity contribution in [2.24, 2.45) is 0 Å². The highest BCUT2D eigenvalue weighted by Crippen LogP contribution is 2.32. The van der Waals surface area contributed by atoms with Crippen molar-refractivity contribution in [1.29, 1.82) is 0 Å². The van der Waals surface area contributed by atoms with Gasteiger partial charge in [0.25, 0.3) is 0 Å². The summed E-state index contributed by atoms with van der Waals surface area (Å²) in [5.41, 5.74) is 2.66. The lowest BCUT2D eigenvalue weighted by Gasteiger charge is -2.11. The molecule has 1 fully saturated rings. The normalized spacial score (nSPS) is 27.8. The molecule has 1 aromatic carbocycles. The van der Waals surface area contributed by atoms with Crippen molar-refractivity contribution in [3.8, 4) is 0 Å². The molecule has 1 nitrogen and oxygen atoms in total. The zero-order valence-corrected chi connectivity index (χ0v) is 8.29. The molecule has 0 spiro atoms. The Bertz CT molecular complexity index is 293. The van der Waals surface area contributed by atoms with Crippen molar-refractivity contribution in [2.45, 2.75) is 38.9 Å². The summed E-state index contributed by atoms with van der Waals surface area (Å²) >= 11 is 0. The number of benzene rings is 1. The van der Waals surface area contributed by atoms with Crippen LogP contribution in [0.4, 0.5) is 0 Å². The Morgan fingerprint density at radius 3 is 2.77 bits per heavy atom. The Morgan fingerprint density at radius 2 is 2.15 bits per heavy atom. The topological polar surface area (TPSA) is 9.23 Å². The van der Waals surface area contributed by atoms with Crippen molar-refractivity contribution in [3.63, 3.8) is 0 Å². The second-order valence-corrected chi connectivity index (χ2v) is 3.93. The van der Waals surface area contributed by atoms with Crippen LogP contribution in [0.25, 0.3) is 0 Å². The zero-order valence-electron chi connectivity index (χ0n) is 8.29. The summed E-state index contributed by atoms with van der Waals surface area (Å²) in [6.45, 7) is 4.28. The van der Waals surface area contributed by atoms with Crippen LogP contribution in [0.2, 0.25) is 0 Å². The molecule has 13 heavy (non-hydrogen) atoms. The molecule has 0 N–H and O–H groups in total. The van der Waals surface area contributed by atoms with Crippen LogP contribution in [0.15, 0.2) is 24.3 Å². The van der Waals surface area contributed by atoms with Crippen molar-refractivity contribution in [2.75, 3.05) is 0 Å². The van der Waals surface area contributed by atoms with Crippen LogP contribution >= 0.6 is 0 Å². The summed E-state index contributed by atoms with van der Waals surface area (Å²) in [6.07, 6.45) is 3.14. The molecule has 1 aliphatic rings. The Morgan fingerprint density at radius 1 is 1.31 bits per heavy atom. The second kappa shape index (κ2) is 3.51. The summed E-state index contributed by atoms with van der Waals surface area (Å²) in [5.74, 6) is 0. The lowest BCUT2D eigenvalue weighted by Crippen LogP contribution is -2.00. The number of hydrogen-bond acceptors (Lipinski definition) is 1. The molecule has 1 heterocycles. The van der Waals surface area contributed by atoms with Gasteiger partial charge in [-0.2, -0.15) is 0 Å². The minimum absolute atomic E-state index is 0.342. The van der Waals surface area contributed by atoms with Gasteiger partial charge in [-0.3, -0.25) is 0 Å². The molecule has 2 atom stereocenters. The Kier molecular flexibility index (Phi) is 2.36. The fourth-order valence-electron chi connectivity index (χ4n) is 1.92. The third-order valence-corrected chi connectivity index (χ3v) is 2.65. The fourth-order valence-corrected chi connectivity index (χ4v) is 1.92. The maximum absolute atomic E-state index is 5.80. The van der Waals surface area contributed by atoms with Crippen LogP contribution in [0.1, 0.15) is 37.0 Å². The maximum Gasteiger partial charge on any atom is 0.0829 e. The van der Waals surface area contributed by atoms with E-state index >= 15 is 0 Å². The Hall–Kier alpha value is -0.820. The average molecular weight is 176 g/mol. The molecule has 0 aliphatic carbocycles. The summed E-state index contributed by atoms with van der Waals surface area (Å²) in [5, 5.41) is 0. The zero-order chi connectivity index (χ0) is 9.26. The van der Waals surface area contributed by atoms with E-state index < -0.39 is 0 Å². The largest absolute Gasteiger partial charge is 0.371 e. The lowest BCUT2D eigenvalue weighted by atomic mass is 10.0. The number of aryl methyl sites for hydroxylation is 1. The van der Waals surface area contributed by atoms with E-state index in [1.807, 2.05) is 0 Å². The minimum Gasteiger partial charge on any atom is -0.371 e. The number of ether oxygens (including phenoxy) is 1. The maximum atomic E-state index is 5.80. The lowest BCUT2D eigenvalue weighted by molar-refractivity contribution is 0.0555. The molecule has 1 saturated heterocycles. The van der Waals surface area contributed by atoms with Crippen molar-refractivity contribution in [3.05, 3.63) is 35.4 Å². The van der Waals surface area contributed by atoms with Crippen LogP contribution < -0.4 is 0 Å². The van der Waals surface area contributed by atoms with Crippen molar-refractivity contribution in [1.82, 2.24) is 0 Å². The minimum atomic E-state index is 0.342. The Labute approximate surface area is 79.7 Å². The molecule has 0 aromatic heterocycles. The summed E-state index contributed by atoms with van der Waals surface area (Å²) in [6, 6.07) is 8.62. The van der Waals surface area contributed by atoms with Gasteiger partial charge in [0.1, 0.15) is 0 Å². The molecule has 0 amide bonds. The van der Waals surface area contributed by atoms with Gasteiger partial charge in [0.05, 0.1) is 12.2 Å². The third kappa shape index (κ3) is 1.92. The van der Waals surface area contributed by atoms with Crippen LogP contribution in [0.3, 0.4) is 0 Å². The van der Waals surface area contributed by atoms with Crippen LogP contribution in [-0.4, -0.2) is 6.10 Å². The average Bonchev–Trinajstić information content (AvgIpc) is 2.52. The van der Waals surface area contributed by atoms with Gasteiger partial charge in [-0.15, -0.1) is 0 Å². The molecule has 70 valence electrons. The van der Waals surface area contributed by atoms with Crippen LogP contribution in [-0.2, 0) is 4.74 Å². The molecule has 1 aliphatic heterocycles. The fraction of sp³-hybridized carbons (Fsp3) is 0.500. The van der Waals surface area contributed by atoms with Gasteiger partial charge >= 0.3 is 0 Å². The summed E-state index contributed by atoms with van der Waals surface area (Å²) < 4.78 is 5.80. The molecule has 0 unspecified atom stereocenters. The van der Waals surface area contributed by atoms with Gasteiger partial charge in [-0.25, -0.2) is 0 Å². The number of hydrogen-bond donors (Lipinski definition) is 0. The molecule has 1 heteroatoms. The van der Waals surface area contributed by atoms with Gasteiger partial charge in [0.15, 0.2) is 0 Å². The van der Waals surface area contributed by atoms with Gasteiger partial charge in [0.2, 0.25) is 0 Å². The predicted octanol–water partition coefficient (Wildman–Crippen LogP) is 3.24. The van der Waals surface area contributed by atoms with E-state index in [0.29, 0.717) is 12.2 Å². The van der Waals surface area contributed by atoms with Crippen molar-refractivity contribution < 1.29 is 4.74 Å². The first-order valence-electron chi connectivity index (χ1n) is 4.98. The van der Waals surface area contributed by atoms with Gasteiger partial charge < -0.3 is 4.74 Å². The molecule has 1 aromatic rings. The Balaban J connectivity index is 2.16. The van der Waals surface area contributed by atoms with E-state index in [9.17, 15) is 0 Å². The first-order valence-corrected chi connectivity index (χ1v) is 4.98. The summed E-state index contributed by atoms with van der Waals surface area (Å²) in [4.78, 5) is 0.